The lowest BCUT2D eigenvalue weighted by Gasteiger charge is -2.07. The fraction of sp³-hybridized carbons (Fsp3) is 0.125. The van der Waals surface area contributed by atoms with Crippen LogP contribution in [0.2, 0.25) is 0 Å². The summed E-state index contributed by atoms with van der Waals surface area (Å²) >= 11 is 0. The van der Waals surface area contributed by atoms with Crippen molar-refractivity contribution in [3.63, 3.8) is 0 Å². The van der Waals surface area contributed by atoms with Crippen molar-refractivity contribution in [2.75, 3.05) is 0 Å². The van der Waals surface area contributed by atoms with Crippen molar-refractivity contribution < 1.29 is 10.2 Å². The van der Waals surface area contributed by atoms with Crippen LogP contribution >= 0.6 is 0 Å². The second kappa shape index (κ2) is 4.96. The molecule has 0 atom stereocenters. The van der Waals surface area contributed by atoms with E-state index in [-0.39, 0.29) is 11.5 Å². The van der Waals surface area contributed by atoms with Crippen molar-refractivity contribution in [2.24, 2.45) is 0 Å². The van der Waals surface area contributed by atoms with E-state index in [1.807, 2.05) is 44.2 Å². The molecule has 0 aliphatic carbocycles. The third-order valence-corrected chi connectivity index (χ3v) is 2.97. The van der Waals surface area contributed by atoms with E-state index in [1.165, 1.54) is 17.7 Å². The molecule has 0 amide bonds. The highest BCUT2D eigenvalue weighted by molar-refractivity contribution is 5.83. The zero-order valence-electron chi connectivity index (χ0n) is 10.5. The van der Waals surface area contributed by atoms with Crippen LogP contribution in [0, 0.1) is 6.92 Å². The Morgan fingerprint density at radius 2 is 1.78 bits per heavy atom. The number of rotatable bonds is 2. The van der Waals surface area contributed by atoms with Crippen LogP contribution in [0.3, 0.4) is 0 Å². The van der Waals surface area contributed by atoms with Gasteiger partial charge in [0.1, 0.15) is 11.5 Å². The molecule has 2 aromatic carbocycles. The zero-order valence-corrected chi connectivity index (χ0v) is 10.5. The summed E-state index contributed by atoms with van der Waals surface area (Å²) in [5, 5.41) is 19.3. The molecule has 0 aromatic heterocycles. The minimum absolute atomic E-state index is 0.153. The number of benzene rings is 2. The molecule has 2 N–H and O–H groups in total. The summed E-state index contributed by atoms with van der Waals surface area (Å²) in [5.74, 6) is 0.329. The van der Waals surface area contributed by atoms with Crippen molar-refractivity contribution in [3.05, 3.63) is 59.2 Å². The molecule has 2 aromatic rings. The van der Waals surface area contributed by atoms with Gasteiger partial charge in [0.15, 0.2) is 0 Å². The number of hydrogen-bond acceptors (Lipinski definition) is 2. The Bertz CT molecular complexity index is 598. The molecule has 0 unspecified atom stereocenters. The third-order valence-electron chi connectivity index (χ3n) is 2.97. The molecule has 0 fully saturated rings. The Kier molecular flexibility index (Phi) is 3.38. The lowest BCUT2D eigenvalue weighted by atomic mass is 10.0. The standard InChI is InChI=1S/C16H16O2/c1-11-5-3-4-6-13(11)9-12(2)15-10-14(17)7-8-16(15)18/h3-10,17-18H,1-2H3. The number of allylic oxidation sites excluding steroid dienone is 1. The summed E-state index contributed by atoms with van der Waals surface area (Å²) in [4.78, 5) is 0. The molecule has 2 rings (SSSR count). The highest BCUT2D eigenvalue weighted by Gasteiger charge is 2.05. The van der Waals surface area contributed by atoms with Gasteiger partial charge >= 0.3 is 0 Å². The van der Waals surface area contributed by atoms with E-state index in [9.17, 15) is 10.2 Å². The molecule has 0 spiro atoms. The maximum Gasteiger partial charge on any atom is 0.123 e. The highest BCUT2D eigenvalue weighted by atomic mass is 16.3. The fourth-order valence-electron chi connectivity index (χ4n) is 1.90. The van der Waals surface area contributed by atoms with E-state index >= 15 is 0 Å². The van der Waals surface area contributed by atoms with E-state index in [2.05, 4.69) is 0 Å². The lowest BCUT2D eigenvalue weighted by molar-refractivity contribution is 0.459. The van der Waals surface area contributed by atoms with Crippen LogP contribution in [-0.2, 0) is 0 Å². The topological polar surface area (TPSA) is 40.5 Å². The minimum Gasteiger partial charge on any atom is -0.508 e. The molecule has 0 bridgehead atoms. The highest BCUT2D eigenvalue weighted by Crippen LogP contribution is 2.30. The van der Waals surface area contributed by atoms with Crippen molar-refractivity contribution >= 4 is 11.6 Å². The molecular formula is C16H16O2. The van der Waals surface area contributed by atoms with Gasteiger partial charge < -0.3 is 10.2 Å². The Morgan fingerprint density at radius 1 is 1.06 bits per heavy atom. The molecule has 18 heavy (non-hydrogen) atoms. The van der Waals surface area contributed by atoms with Gasteiger partial charge in [-0.3, -0.25) is 0 Å². The van der Waals surface area contributed by atoms with Gasteiger partial charge in [-0.2, -0.15) is 0 Å². The van der Waals surface area contributed by atoms with E-state index in [1.54, 1.807) is 6.07 Å². The first-order valence-corrected chi connectivity index (χ1v) is 5.84. The third kappa shape index (κ3) is 2.54. The maximum absolute atomic E-state index is 9.80. The predicted octanol–water partition coefficient (Wildman–Crippen LogP) is 3.97. The summed E-state index contributed by atoms with van der Waals surface area (Å²) in [6, 6.07) is 12.6. The monoisotopic (exact) mass is 240 g/mol. The van der Waals surface area contributed by atoms with Gasteiger partial charge in [0.2, 0.25) is 0 Å². The Morgan fingerprint density at radius 3 is 2.50 bits per heavy atom. The average molecular weight is 240 g/mol. The average Bonchev–Trinajstić information content (AvgIpc) is 2.35. The van der Waals surface area contributed by atoms with Crippen molar-refractivity contribution in [1.29, 1.82) is 0 Å². The Hall–Kier alpha value is -2.22. The van der Waals surface area contributed by atoms with Crippen LogP contribution in [0.15, 0.2) is 42.5 Å². The van der Waals surface area contributed by atoms with Crippen LogP contribution in [0.5, 0.6) is 11.5 Å². The van der Waals surface area contributed by atoms with Crippen molar-refractivity contribution in [1.82, 2.24) is 0 Å². The number of phenols is 2. The van der Waals surface area contributed by atoms with Crippen LogP contribution in [0.4, 0.5) is 0 Å². The smallest absolute Gasteiger partial charge is 0.123 e. The fourth-order valence-corrected chi connectivity index (χ4v) is 1.90. The molecular weight excluding hydrogens is 224 g/mol. The predicted molar refractivity (Wildman–Crippen MR) is 74.5 cm³/mol. The Balaban J connectivity index is 2.45. The maximum atomic E-state index is 9.80. The molecule has 0 saturated carbocycles. The van der Waals surface area contributed by atoms with Crippen LogP contribution < -0.4 is 0 Å². The van der Waals surface area contributed by atoms with Gasteiger partial charge in [0.05, 0.1) is 0 Å². The van der Waals surface area contributed by atoms with Gasteiger partial charge in [-0.1, -0.05) is 30.3 Å². The van der Waals surface area contributed by atoms with Gasteiger partial charge in [0.25, 0.3) is 0 Å². The van der Waals surface area contributed by atoms with Gasteiger partial charge in [0, 0.05) is 5.56 Å². The summed E-state index contributed by atoms with van der Waals surface area (Å²) in [6.45, 7) is 3.96. The van der Waals surface area contributed by atoms with E-state index in [0.717, 1.165) is 11.1 Å². The minimum atomic E-state index is 0.153. The Labute approximate surface area is 107 Å². The molecule has 0 saturated heterocycles. The van der Waals surface area contributed by atoms with Crippen LogP contribution in [0.1, 0.15) is 23.6 Å². The lowest BCUT2D eigenvalue weighted by Crippen LogP contribution is -1.84. The van der Waals surface area contributed by atoms with Gasteiger partial charge in [-0.25, -0.2) is 0 Å². The first-order valence-electron chi connectivity index (χ1n) is 5.84. The van der Waals surface area contributed by atoms with Crippen molar-refractivity contribution in [3.8, 4) is 11.5 Å². The second-order valence-corrected chi connectivity index (χ2v) is 4.39. The van der Waals surface area contributed by atoms with Gasteiger partial charge in [-0.15, -0.1) is 0 Å². The normalized spacial score (nSPS) is 11.6. The number of aromatic hydroxyl groups is 2. The van der Waals surface area contributed by atoms with Crippen LogP contribution in [0.25, 0.3) is 11.6 Å². The number of aryl methyl sites for hydroxylation is 1. The largest absolute Gasteiger partial charge is 0.508 e. The molecule has 2 heteroatoms. The molecule has 2 nitrogen and oxygen atoms in total. The first kappa shape index (κ1) is 12.2. The molecule has 0 radical (unpaired) electrons. The first-order chi connectivity index (χ1) is 8.58. The summed E-state index contributed by atoms with van der Waals surface area (Å²) in [5.41, 5.74) is 3.85. The van der Waals surface area contributed by atoms with E-state index in [0.29, 0.717) is 5.56 Å². The summed E-state index contributed by atoms with van der Waals surface area (Å²) in [6.07, 6.45) is 2.00. The summed E-state index contributed by atoms with van der Waals surface area (Å²) < 4.78 is 0. The zero-order chi connectivity index (χ0) is 13.1. The van der Waals surface area contributed by atoms with E-state index in [4.69, 9.17) is 0 Å². The van der Waals surface area contributed by atoms with Crippen molar-refractivity contribution in [2.45, 2.75) is 13.8 Å². The van der Waals surface area contributed by atoms with Gasteiger partial charge in [-0.05, 0) is 48.7 Å². The molecule has 92 valence electrons. The quantitative estimate of drug-likeness (QED) is 0.616. The van der Waals surface area contributed by atoms with Crippen LogP contribution in [-0.4, -0.2) is 10.2 Å². The molecule has 0 heterocycles. The summed E-state index contributed by atoms with van der Waals surface area (Å²) in [7, 11) is 0. The SMILES string of the molecule is CC(=Cc1ccccc1C)c1cc(O)ccc1O. The number of phenolic OH excluding ortho intramolecular Hbond substituents is 2. The number of hydrogen-bond donors (Lipinski definition) is 2. The van der Waals surface area contributed by atoms with E-state index < -0.39 is 0 Å². The second-order valence-electron chi connectivity index (χ2n) is 4.39. The molecule has 0 aliphatic heterocycles. The molecule has 0 aliphatic rings.